The van der Waals surface area contributed by atoms with Crippen LogP contribution in [0.1, 0.15) is 27.0 Å². The van der Waals surface area contributed by atoms with Crippen molar-refractivity contribution in [2.24, 2.45) is 0 Å². The summed E-state index contributed by atoms with van der Waals surface area (Å²) < 4.78 is 26.7. The van der Waals surface area contributed by atoms with Gasteiger partial charge in [0.15, 0.2) is 0 Å². The van der Waals surface area contributed by atoms with Crippen LogP contribution < -0.4 is 10.9 Å². The highest BCUT2D eigenvalue weighted by Gasteiger charge is 2.20. The number of benzene rings is 3. The number of carbonyl (C=O) groups excluding carboxylic acids is 2. The second-order valence-corrected chi connectivity index (χ2v) is 9.48. The molecule has 0 saturated heterocycles. The molecule has 0 aliphatic heterocycles. The fourth-order valence-electron chi connectivity index (χ4n) is 3.02. The molecule has 3 aromatic rings. The second kappa shape index (κ2) is 10.2. The molecule has 0 heterocycles. The van der Waals surface area contributed by atoms with Gasteiger partial charge in [0.1, 0.15) is 0 Å². The van der Waals surface area contributed by atoms with E-state index in [-0.39, 0.29) is 23.8 Å². The van der Waals surface area contributed by atoms with E-state index in [0.29, 0.717) is 5.56 Å². The Hall–Kier alpha value is -3.49. The van der Waals surface area contributed by atoms with Gasteiger partial charge in [-0.25, -0.2) is 8.42 Å². The normalized spacial score (nSPS) is 11.2. The molecule has 166 valence electrons. The fourth-order valence-corrected chi connectivity index (χ4v) is 4.18. The van der Waals surface area contributed by atoms with Crippen LogP contribution in [0.2, 0.25) is 0 Å². The molecular formula is C24H25N3O4S. The largest absolute Gasteiger partial charge is 0.273 e. The number of sulfonamides is 1. The van der Waals surface area contributed by atoms with Crippen LogP contribution in [0, 0.1) is 6.92 Å². The number of rotatable bonds is 7. The van der Waals surface area contributed by atoms with Crippen molar-refractivity contribution in [2.45, 2.75) is 24.8 Å². The quantitative estimate of drug-likeness (QED) is 0.540. The lowest BCUT2D eigenvalue weighted by Gasteiger charge is -2.17. The molecule has 32 heavy (non-hydrogen) atoms. The Morgan fingerprint density at radius 3 is 2.06 bits per heavy atom. The highest BCUT2D eigenvalue weighted by atomic mass is 32.2. The van der Waals surface area contributed by atoms with Gasteiger partial charge in [0.2, 0.25) is 15.9 Å². The van der Waals surface area contributed by atoms with Crippen molar-refractivity contribution in [3.63, 3.8) is 0 Å². The Morgan fingerprint density at radius 1 is 0.812 bits per heavy atom. The van der Waals surface area contributed by atoms with E-state index in [1.807, 2.05) is 37.3 Å². The molecule has 3 aromatic carbocycles. The van der Waals surface area contributed by atoms with Gasteiger partial charge in [-0.1, -0.05) is 60.2 Å². The molecule has 0 atom stereocenters. The van der Waals surface area contributed by atoms with Crippen LogP contribution in [0.5, 0.6) is 0 Å². The highest BCUT2D eigenvalue weighted by Crippen LogP contribution is 2.17. The lowest BCUT2D eigenvalue weighted by molar-refractivity contribution is -0.121. The van der Waals surface area contributed by atoms with E-state index in [1.165, 1.54) is 11.4 Å². The van der Waals surface area contributed by atoms with Gasteiger partial charge in [0.05, 0.1) is 11.3 Å². The third-order valence-electron chi connectivity index (χ3n) is 4.87. The number of hydrazine groups is 1. The van der Waals surface area contributed by atoms with Crippen LogP contribution in [0.3, 0.4) is 0 Å². The number of hydrogen-bond donors (Lipinski definition) is 2. The predicted octanol–water partition coefficient (Wildman–Crippen LogP) is 2.82. The summed E-state index contributed by atoms with van der Waals surface area (Å²) in [6, 6.07) is 22.4. The zero-order valence-electron chi connectivity index (χ0n) is 17.9. The number of nitrogens with one attached hydrogen (secondary N) is 2. The molecule has 0 aromatic heterocycles. The third kappa shape index (κ3) is 6.03. The van der Waals surface area contributed by atoms with E-state index in [0.717, 1.165) is 16.7 Å². The maximum absolute atomic E-state index is 12.7. The summed E-state index contributed by atoms with van der Waals surface area (Å²) in [5.74, 6) is -0.789. The summed E-state index contributed by atoms with van der Waals surface area (Å²) in [4.78, 5) is 24.5. The summed E-state index contributed by atoms with van der Waals surface area (Å²) in [6.07, 6.45) is 0.155. The summed E-state index contributed by atoms with van der Waals surface area (Å²) in [5, 5.41) is 0. The molecule has 7 nitrogen and oxygen atoms in total. The lowest BCUT2D eigenvalue weighted by atomic mass is 10.1. The molecule has 0 bridgehead atoms. The van der Waals surface area contributed by atoms with E-state index < -0.39 is 15.9 Å². The molecule has 0 aliphatic rings. The van der Waals surface area contributed by atoms with Crippen molar-refractivity contribution in [3.05, 3.63) is 101 Å². The Labute approximate surface area is 188 Å². The molecule has 0 radical (unpaired) electrons. The summed E-state index contributed by atoms with van der Waals surface area (Å²) >= 11 is 0. The van der Waals surface area contributed by atoms with E-state index in [1.54, 1.807) is 48.5 Å². The van der Waals surface area contributed by atoms with Crippen LogP contribution in [0.15, 0.2) is 83.8 Å². The number of amides is 2. The zero-order chi connectivity index (χ0) is 23.1. The van der Waals surface area contributed by atoms with E-state index in [4.69, 9.17) is 0 Å². The molecule has 0 unspecified atom stereocenters. The van der Waals surface area contributed by atoms with E-state index in [2.05, 4.69) is 10.9 Å². The van der Waals surface area contributed by atoms with Crippen molar-refractivity contribution in [1.82, 2.24) is 15.2 Å². The minimum absolute atomic E-state index is 0.155. The Balaban J connectivity index is 1.55. The van der Waals surface area contributed by atoms with Gasteiger partial charge in [-0.05, 0) is 42.3 Å². The maximum Gasteiger partial charge on any atom is 0.269 e. The minimum Gasteiger partial charge on any atom is -0.273 e. The fraction of sp³-hybridized carbons (Fsp3) is 0.167. The summed E-state index contributed by atoms with van der Waals surface area (Å²) in [6.45, 7) is 2.05. The van der Waals surface area contributed by atoms with Crippen LogP contribution in [0.4, 0.5) is 0 Å². The Morgan fingerprint density at radius 2 is 1.44 bits per heavy atom. The highest BCUT2D eigenvalue weighted by molar-refractivity contribution is 7.89. The Bertz CT molecular complexity index is 1180. The van der Waals surface area contributed by atoms with Gasteiger partial charge in [0.25, 0.3) is 5.91 Å². The van der Waals surface area contributed by atoms with Crippen molar-refractivity contribution >= 4 is 21.8 Å². The van der Waals surface area contributed by atoms with Crippen LogP contribution in [-0.4, -0.2) is 31.6 Å². The molecular weight excluding hydrogens is 426 g/mol. The van der Waals surface area contributed by atoms with Crippen molar-refractivity contribution in [3.8, 4) is 0 Å². The molecule has 3 rings (SSSR count). The van der Waals surface area contributed by atoms with Gasteiger partial charge in [0, 0.05) is 19.2 Å². The Kier molecular flexibility index (Phi) is 7.40. The minimum atomic E-state index is -3.62. The van der Waals surface area contributed by atoms with Crippen LogP contribution >= 0.6 is 0 Å². The number of nitrogens with zero attached hydrogens (tertiary/aromatic N) is 1. The lowest BCUT2D eigenvalue weighted by Crippen LogP contribution is -2.42. The topological polar surface area (TPSA) is 95.6 Å². The molecule has 0 saturated carbocycles. The molecule has 0 spiro atoms. The van der Waals surface area contributed by atoms with Crippen LogP contribution in [0.25, 0.3) is 0 Å². The number of hydrogen-bond acceptors (Lipinski definition) is 4. The van der Waals surface area contributed by atoms with Crippen molar-refractivity contribution < 1.29 is 18.0 Å². The summed E-state index contributed by atoms with van der Waals surface area (Å²) in [5.41, 5.74) is 7.68. The molecule has 2 amide bonds. The first-order valence-corrected chi connectivity index (χ1v) is 11.4. The number of carbonyl (C=O) groups is 2. The summed E-state index contributed by atoms with van der Waals surface area (Å²) in [7, 11) is -2.11. The molecule has 0 fully saturated rings. The van der Waals surface area contributed by atoms with E-state index >= 15 is 0 Å². The zero-order valence-corrected chi connectivity index (χ0v) is 18.7. The molecule has 8 heteroatoms. The number of aryl methyl sites for hydroxylation is 1. The average molecular weight is 452 g/mol. The van der Waals surface area contributed by atoms with Crippen molar-refractivity contribution in [1.29, 1.82) is 0 Å². The first-order chi connectivity index (χ1) is 15.3. The van der Waals surface area contributed by atoms with Crippen molar-refractivity contribution in [2.75, 3.05) is 7.05 Å². The SMILES string of the molecule is Cc1ccc(S(=O)(=O)N(C)Cc2ccc(C(=O)NNC(=O)Cc3ccccc3)cc2)cc1. The van der Waals surface area contributed by atoms with Gasteiger partial charge in [-0.15, -0.1) is 0 Å². The molecule has 2 N–H and O–H groups in total. The predicted molar refractivity (Wildman–Crippen MR) is 122 cm³/mol. The third-order valence-corrected chi connectivity index (χ3v) is 6.69. The monoisotopic (exact) mass is 451 g/mol. The van der Waals surface area contributed by atoms with Crippen LogP contribution in [-0.2, 0) is 27.8 Å². The van der Waals surface area contributed by atoms with Gasteiger partial charge in [-0.2, -0.15) is 4.31 Å². The second-order valence-electron chi connectivity index (χ2n) is 7.44. The van der Waals surface area contributed by atoms with Gasteiger partial charge < -0.3 is 0 Å². The smallest absolute Gasteiger partial charge is 0.269 e. The average Bonchev–Trinajstić information content (AvgIpc) is 2.79. The maximum atomic E-state index is 12.7. The standard InChI is InChI=1S/C24H25N3O4S/c1-18-8-14-22(15-9-18)32(30,31)27(2)17-20-10-12-21(13-11-20)24(29)26-25-23(28)16-19-6-4-3-5-7-19/h3-15H,16-17H2,1-2H3,(H,25,28)(H,26,29). The van der Waals surface area contributed by atoms with Gasteiger partial charge >= 0.3 is 0 Å². The first kappa shape index (κ1) is 23.2. The first-order valence-electron chi connectivity index (χ1n) is 10.0. The van der Waals surface area contributed by atoms with Gasteiger partial charge in [-0.3, -0.25) is 20.4 Å². The molecule has 0 aliphatic carbocycles. The van der Waals surface area contributed by atoms with E-state index in [9.17, 15) is 18.0 Å².